The van der Waals surface area contributed by atoms with Crippen LogP contribution < -0.4 is 5.73 Å². The highest BCUT2D eigenvalue weighted by molar-refractivity contribution is 9.10. The Morgan fingerprint density at radius 2 is 2.00 bits per heavy atom. The normalized spacial score (nSPS) is 14.4. The van der Waals surface area contributed by atoms with Gasteiger partial charge in [0.2, 0.25) is 0 Å². The fourth-order valence-electron chi connectivity index (χ4n) is 1.71. The summed E-state index contributed by atoms with van der Waals surface area (Å²) in [5.41, 5.74) is 7.14. The van der Waals surface area contributed by atoms with Gasteiger partial charge in [0.05, 0.1) is 6.61 Å². The first-order valence-corrected chi connectivity index (χ1v) is 7.49. The molecule has 1 aromatic carbocycles. The average Bonchev–Trinajstić information content (AvgIpc) is 2.85. The Morgan fingerprint density at radius 3 is 2.56 bits per heavy atom. The van der Waals surface area contributed by atoms with Gasteiger partial charge in [-0.3, -0.25) is 0 Å². The van der Waals surface area contributed by atoms with Crippen molar-refractivity contribution in [3.05, 3.63) is 56.7 Å². The van der Waals surface area contributed by atoms with E-state index in [4.69, 9.17) is 10.5 Å². The van der Waals surface area contributed by atoms with Crippen LogP contribution in [0, 0.1) is 0 Å². The number of hydrogen-bond acceptors (Lipinski definition) is 3. The zero-order valence-corrected chi connectivity index (χ0v) is 12.6. The largest absolute Gasteiger partial charge is 0.366 e. The molecule has 2 rings (SSSR count). The predicted octanol–water partition coefficient (Wildman–Crippen LogP) is 4.12. The minimum Gasteiger partial charge on any atom is -0.366 e. The molecule has 4 heteroatoms. The predicted molar refractivity (Wildman–Crippen MR) is 79.6 cm³/mol. The number of benzene rings is 1. The van der Waals surface area contributed by atoms with E-state index in [-0.39, 0.29) is 12.1 Å². The first-order valence-electron chi connectivity index (χ1n) is 5.82. The maximum absolute atomic E-state index is 5.99. The third-order valence-corrected chi connectivity index (χ3v) is 4.11. The molecule has 0 spiro atoms. The number of ether oxygens (including phenoxy) is 1. The zero-order chi connectivity index (χ0) is 13.0. The molecule has 0 saturated carbocycles. The standard InChI is InChI=1S/C14H16BrNOS/c1-10(16)14(13-3-2-8-18-13)17-9-11-4-6-12(15)7-5-11/h2-8,10,14H,9,16H2,1H3. The van der Waals surface area contributed by atoms with Crippen molar-refractivity contribution in [2.24, 2.45) is 5.73 Å². The second-order valence-corrected chi connectivity index (χ2v) is 6.13. The summed E-state index contributed by atoms with van der Waals surface area (Å²) in [6.07, 6.45) is -0.0337. The molecule has 2 N–H and O–H groups in total. The SMILES string of the molecule is CC(N)C(OCc1ccc(Br)cc1)c1cccs1. The summed E-state index contributed by atoms with van der Waals surface area (Å²) < 4.78 is 7.02. The lowest BCUT2D eigenvalue weighted by atomic mass is 10.1. The van der Waals surface area contributed by atoms with Gasteiger partial charge >= 0.3 is 0 Å². The Morgan fingerprint density at radius 1 is 1.28 bits per heavy atom. The number of rotatable bonds is 5. The van der Waals surface area contributed by atoms with Crippen LogP contribution in [0.2, 0.25) is 0 Å². The van der Waals surface area contributed by atoms with E-state index in [2.05, 4.69) is 34.1 Å². The van der Waals surface area contributed by atoms with Gasteiger partial charge in [-0.05, 0) is 36.1 Å². The van der Waals surface area contributed by atoms with Crippen LogP contribution in [0.4, 0.5) is 0 Å². The number of halogens is 1. The van der Waals surface area contributed by atoms with Crippen LogP contribution in [0.1, 0.15) is 23.5 Å². The van der Waals surface area contributed by atoms with Crippen LogP contribution in [0.5, 0.6) is 0 Å². The van der Waals surface area contributed by atoms with Crippen molar-refractivity contribution in [3.63, 3.8) is 0 Å². The molecule has 18 heavy (non-hydrogen) atoms. The zero-order valence-electron chi connectivity index (χ0n) is 10.2. The van der Waals surface area contributed by atoms with E-state index in [0.717, 1.165) is 10.0 Å². The van der Waals surface area contributed by atoms with Crippen molar-refractivity contribution in [1.29, 1.82) is 0 Å². The van der Waals surface area contributed by atoms with E-state index in [1.54, 1.807) is 11.3 Å². The van der Waals surface area contributed by atoms with E-state index in [0.29, 0.717) is 6.61 Å². The topological polar surface area (TPSA) is 35.2 Å². The molecule has 0 amide bonds. The summed E-state index contributed by atoms with van der Waals surface area (Å²) in [5, 5.41) is 2.05. The first kappa shape index (κ1) is 13.7. The van der Waals surface area contributed by atoms with Crippen molar-refractivity contribution in [2.45, 2.75) is 25.7 Å². The third-order valence-electron chi connectivity index (χ3n) is 2.64. The average molecular weight is 326 g/mol. The Bertz CT molecular complexity index is 467. The molecule has 0 fully saturated rings. The van der Waals surface area contributed by atoms with Crippen LogP contribution >= 0.6 is 27.3 Å². The molecule has 2 atom stereocenters. The second-order valence-electron chi connectivity index (χ2n) is 4.23. The minimum atomic E-state index is -0.0337. The summed E-state index contributed by atoms with van der Waals surface area (Å²) in [6, 6.07) is 12.2. The molecule has 2 aromatic rings. The molecule has 0 aliphatic rings. The second kappa shape index (κ2) is 6.48. The fourth-order valence-corrected chi connectivity index (χ4v) is 2.87. The van der Waals surface area contributed by atoms with Gasteiger partial charge in [-0.15, -0.1) is 11.3 Å². The molecule has 0 aliphatic carbocycles. The van der Waals surface area contributed by atoms with Crippen LogP contribution in [-0.4, -0.2) is 6.04 Å². The van der Waals surface area contributed by atoms with Crippen molar-refractivity contribution < 1.29 is 4.74 Å². The van der Waals surface area contributed by atoms with Crippen LogP contribution in [0.15, 0.2) is 46.3 Å². The molecule has 0 bridgehead atoms. The third kappa shape index (κ3) is 3.65. The smallest absolute Gasteiger partial charge is 0.107 e. The summed E-state index contributed by atoms with van der Waals surface area (Å²) in [7, 11) is 0. The number of thiophene rings is 1. The van der Waals surface area contributed by atoms with Crippen molar-refractivity contribution >= 4 is 27.3 Å². The molecule has 0 aliphatic heterocycles. The maximum atomic E-state index is 5.99. The summed E-state index contributed by atoms with van der Waals surface area (Å²) in [6.45, 7) is 2.56. The molecule has 1 heterocycles. The highest BCUT2D eigenvalue weighted by Gasteiger charge is 2.17. The van der Waals surface area contributed by atoms with Gasteiger partial charge < -0.3 is 10.5 Å². The summed E-state index contributed by atoms with van der Waals surface area (Å²) in [5.74, 6) is 0. The van der Waals surface area contributed by atoms with E-state index >= 15 is 0 Å². The molecular weight excluding hydrogens is 310 g/mol. The van der Waals surface area contributed by atoms with Crippen molar-refractivity contribution in [2.75, 3.05) is 0 Å². The number of hydrogen-bond donors (Lipinski definition) is 1. The van der Waals surface area contributed by atoms with Crippen molar-refractivity contribution in [1.82, 2.24) is 0 Å². The summed E-state index contributed by atoms with van der Waals surface area (Å²) >= 11 is 5.11. The lowest BCUT2D eigenvalue weighted by molar-refractivity contribution is 0.0282. The molecular formula is C14H16BrNOS. The van der Waals surface area contributed by atoms with E-state index in [9.17, 15) is 0 Å². The molecule has 2 nitrogen and oxygen atoms in total. The number of nitrogens with two attached hydrogens (primary N) is 1. The van der Waals surface area contributed by atoms with Crippen molar-refractivity contribution in [3.8, 4) is 0 Å². The fraction of sp³-hybridized carbons (Fsp3) is 0.286. The Balaban J connectivity index is 2.00. The Kier molecular flexibility index (Phi) is 4.95. The van der Waals surface area contributed by atoms with Gasteiger partial charge in [0, 0.05) is 15.4 Å². The van der Waals surface area contributed by atoms with E-state index in [1.807, 2.05) is 30.5 Å². The molecule has 0 saturated heterocycles. The van der Waals surface area contributed by atoms with Gasteiger partial charge in [0.25, 0.3) is 0 Å². The van der Waals surface area contributed by atoms with Gasteiger partial charge in [-0.1, -0.05) is 34.1 Å². The van der Waals surface area contributed by atoms with Gasteiger partial charge in [0.15, 0.2) is 0 Å². The molecule has 96 valence electrons. The molecule has 0 radical (unpaired) electrons. The van der Waals surface area contributed by atoms with Gasteiger partial charge in [-0.25, -0.2) is 0 Å². The summed E-state index contributed by atoms with van der Waals surface area (Å²) in [4.78, 5) is 1.18. The molecule has 1 aromatic heterocycles. The minimum absolute atomic E-state index is 0.0147. The monoisotopic (exact) mass is 325 g/mol. The quantitative estimate of drug-likeness (QED) is 0.897. The van der Waals surface area contributed by atoms with Crippen LogP contribution in [-0.2, 0) is 11.3 Å². The van der Waals surface area contributed by atoms with Crippen LogP contribution in [0.3, 0.4) is 0 Å². The lowest BCUT2D eigenvalue weighted by Crippen LogP contribution is -2.26. The molecule has 2 unspecified atom stereocenters. The highest BCUT2D eigenvalue weighted by atomic mass is 79.9. The van der Waals surface area contributed by atoms with Gasteiger partial charge in [0.1, 0.15) is 6.10 Å². The van der Waals surface area contributed by atoms with Crippen LogP contribution in [0.25, 0.3) is 0 Å². The van der Waals surface area contributed by atoms with E-state index < -0.39 is 0 Å². The Labute approximate surface area is 120 Å². The Hall–Kier alpha value is -0.680. The van der Waals surface area contributed by atoms with Gasteiger partial charge in [-0.2, -0.15) is 0 Å². The first-order chi connectivity index (χ1) is 8.66. The highest BCUT2D eigenvalue weighted by Crippen LogP contribution is 2.26. The van der Waals surface area contributed by atoms with E-state index in [1.165, 1.54) is 4.88 Å². The maximum Gasteiger partial charge on any atom is 0.107 e. The lowest BCUT2D eigenvalue weighted by Gasteiger charge is -2.20.